The van der Waals surface area contributed by atoms with Crippen LogP contribution in [0.15, 0.2) is 0 Å². The zero-order valence-corrected chi connectivity index (χ0v) is 13.9. The van der Waals surface area contributed by atoms with E-state index in [1.807, 2.05) is 0 Å². The lowest BCUT2D eigenvalue weighted by Gasteiger charge is -2.33. The summed E-state index contributed by atoms with van der Waals surface area (Å²) in [7, 11) is 4.46. The minimum absolute atomic E-state index is 0.692. The van der Waals surface area contributed by atoms with Gasteiger partial charge in [-0.2, -0.15) is 0 Å². The maximum Gasteiger partial charge on any atom is 0.0242 e. The molecule has 0 amide bonds. The van der Waals surface area contributed by atoms with E-state index in [-0.39, 0.29) is 0 Å². The van der Waals surface area contributed by atoms with E-state index in [1.165, 1.54) is 45.1 Å². The normalized spacial score (nSPS) is 26.1. The molecule has 0 saturated heterocycles. The molecule has 1 saturated carbocycles. The average Bonchev–Trinajstić information content (AvgIpc) is 2.40. The zero-order chi connectivity index (χ0) is 14.3. The highest BCUT2D eigenvalue weighted by atomic mass is 15.1. The molecule has 2 heteroatoms. The van der Waals surface area contributed by atoms with Crippen LogP contribution in [0.3, 0.4) is 0 Å². The zero-order valence-electron chi connectivity index (χ0n) is 13.9. The fraction of sp³-hybridized carbons (Fsp3) is 1.00. The molecule has 0 radical (unpaired) electrons. The van der Waals surface area contributed by atoms with Crippen molar-refractivity contribution >= 4 is 0 Å². The molecule has 1 rings (SSSR count). The van der Waals surface area contributed by atoms with Gasteiger partial charge in [-0.3, -0.25) is 0 Å². The summed E-state index contributed by atoms with van der Waals surface area (Å²) in [5, 5.41) is 3.76. The Morgan fingerprint density at radius 1 is 1.05 bits per heavy atom. The Kier molecular flexibility index (Phi) is 8.01. The van der Waals surface area contributed by atoms with Gasteiger partial charge in [-0.05, 0) is 51.2 Å². The van der Waals surface area contributed by atoms with Crippen LogP contribution in [0.4, 0.5) is 0 Å². The van der Waals surface area contributed by atoms with Crippen LogP contribution in [0.5, 0.6) is 0 Å². The SMILES string of the molecule is CCC(CC)C(CNCC1CCC(C)CC1)N(C)C. The van der Waals surface area contributed by atoms with Crippen molar-refractivity contribution in [2.75, 3.05) is 27.2 Å². The lowest BCUT2D eigenvalue weighted by Crippen LogP contribution is -2.44. The van der Waals surface area contributed by atoms with E-state index in [1.54, 1.807) is 0 Å². The van der Waals surface area contributed by atoms with E-state index in [0.29, 0.717) is 6.04 Å². The Balaban J connectivity index is 2.28. The molecular weight excluding hydrogens is 232 g/mol. The monoisotopic (exact) mass is 268 g/mol. The summed E-state index contributed by atoms with van der Waals surface area (Å²) >= 11 is 0. The Labute approximate surface area is 121 Å². The van der Waals surface area contributed by atoms with Gasteiger partial charge >= 0.3 is 0 Å². The predicted octanol–water partition coefficient (Wildman–Crippen LogP) is 3.77. The summed E-state index contributed by atoms with van der Waals surface area (Å²) in [6.07, 6.45) is 8.34. The van der Waals surface area contributed by atoms with E-state index in [2.05, 4.69) is 45.1 Å². The van der Waals surface area contributed by atoms with Crippen LogP contribution >= 0.6 is 0 Å². The van der Waals surface area contributed by atoms with Crippen LogP contribution in [-0.4, -0.2) is 38.1 Å². The molecule has 0 spiro atoms. The molecule has 1 atom stereocenters. The van der Waals surface area contributed by atoms with Gasteiger partial charge in [0.1, 0.15) is 0 Å². The number of rotatable bonds is 8. The van der Waals surface area contributed by atoms with Crippen LogP contribution in [0.25, 0.3) is 0 Å². The standard InChI is InChI=1S/C17H36N2/c1-6-16(7-2)17(19(4)5)13-18-12-15-10-8-14(3)9-11-15/h14-18H,6-13H2,1-5H3. The lowest BCUT2D eigenvalue weighted by molar-refractivity contribution is 0.188. The van der Waals surface area contributed by atoms with Crippen molar-refractivity contribution in [1.82, 2.24) is 10.2 Å². The number of hydrogen-bond donors (Lipinski definition) is 1. The Bertz CT molecular complexity index is 215. The molecule has 2 nitrogen and oxygen atoms in total. The van der Waals surface area contributed by atoms with E-state index in [9.17, 15) is 0 Å². The van der Waals surface area contributed by atoms with Crippen molar-refractivity contribution in [3.8, 4) is 0 Å². The van der Waals surface area contributed by atoms with E-state index in [4.69, 9.17) is 0 Å². The summed E-state index contributed by atoms with van der Waals surface area (Å²) in [4.78, 5) is 2.41. The first-order valence-electron chi connectivity index (χ1n) is 8.45. The molecule has 114 valence electrons. The van der Waals surface area contributed by atoms with Crippen LogP contribution in [0.1, 0.15) is 59.3 Å². The maximum absolute atomic E-state index is 3.76. The molecule has 0 aromatic rings. The molecule has 0 aromatic heterocycles. The van der Waals surface area contributed by atoms with Gasteiger partial charge in [-0.25, -0.2) is 0 Å². The molecule has 19 heavy (non-hydrogen) atoms. The van der Waals surface area contributed by atoms with Gasteiger partial charge in [-0.15, -0.1) is 0 Å². The lowest BCUT2D eigenvalue weighted by atomic mass is 9.83. The van der Waals surface area contributed by atoms with Crippen molar-refractivity contribution in [3.05, 3.63) is 0 Å². The summed E-state index contributed by atoms with van der Waals surface area (Å²) in [5.74, 6) is 2.73. The highest BCUT2D eigenvalue weighted by Crippen LogP contribution is 2.27. The molecule has 0 aromatic carbocycles. The van der Waals surface area contributed by atoms with Crippen molar-refractivity contribution in [2.45, 2.75) is 65.3 Å². The molecule has 1 N–H and O–H groups in total. The molecule has 0 heterocycles. The first-order valence-corrected chi connectivity index (χ1v) is 8.45. The van der Waals surface area contributed by atoms with E-state index >= 15 is 0 Å². The largest absolute Gasteiger partial charge is 0.315 e. The highest BCUT2D eigenvalue weighted by Gasteiger charge is 2.22. The molecule has 1 aliphatic rings. The van der Waals surface area contributed by atoms with Gasteiger partial charge < -0.3 is 10.2 Å². The Morgan fingerprint density at radius 2 is 1.63 bits per heavy atom. The van der Waals surface area contributed by atoms with Crippen LogP contribution in [-0.2, 0) is 0 Å². The second-order valence-electron chi connectivity index (χ2n) is 6.89. The first kappa shape index (κ1) is 17.0. The van der Waals surface area contributed by atoms with Crippen molar-refractivity contribution in [2.24, 2.45) is 17.8 Å². The minimum Gasteiger partial charge on any atom is -0.315 e. The number of nitrogens with one attached hydrogen (secondary N) is 1. The van der Waals surface area contributed by atoms with Crippen LogP contribution < -0.4 is 5.32 Å². The van der Waals surface area contributed by atoms with Gasteiger partial charge in [0, 0.05) is 12.6 Å². The maximum atomic E-state index is 3.76. The topological polar surface area (TPSA) is 15.3 Å². The summed E-state index contributed by atoms with van der Waals surface area (Å²) in [6.45, 7) is 9.45. The smallest absolute Gasteiger partial charge is 0.0242 e. The summed E-state index contributed by atoms with van der Waals surface area (Å²) < 4.78 is 0. The van der Waals surface area contributed by atoms with Crippen LogP contribution in [0.2, 0.25) is 0 Å². The third-order valence-corrected chi connectivity index (χ3v) is 5.18. The third-order valence-electron chi connectivity index (χ3n) is 5.18. The second-order valence-corrected chi connectivity index (χ2v) is 6.89. The summed E-state index contributed by atoms with van der Waals surface area (Å²) in [5.41, 5.74) is 0. The first-order chi connectivity index (χ1) is 9.08. The fourth-order valence-electron chi connectivity index (χ4n) is 3.57. The third kappa shape index (κ3) is 5.83. The van der Waals surface area contributed by atoms with Crippen molar-refractivity contribution < 1.29 is 0 Å². The average molecular weight is 268 g/mol. The molecule has 1 unspecified atom stereocenters. The molecule has 1 aliphatic carbocycles. The Morgan fingerprint density at radius 3 is 2.11 bits per heavy atom. The number of nitrogens with zero attached hydrogens (tertiary/aromatic N) is 1. The second kappa shape index (κ2) is 8.97. The Hall–Kier alpha value is -0.0800. The van der Waals surface area contributed by atoms with Crippen molar-refractivity contribution in [3.63, 3.8) is 0 Å². The molecule has 1 fully saturated rings. The fourth-order valence-corrected chi connectivity index (χ4v) is 3.57. The van der Waals surface area contributed by atoms with Gasteiger partial charge in [0.25, 0.3) is 0 Å². The summed E-state index contributed by atoms with van der Waals surface area (Å²) in [6, 6.07) is 0.692. The van der Waals surface area contributed by atoms with Gasteiger partial charge in [0.2, 0.25) is 0 Å². The molecular formula is C17H36N2. The molecule has 0 bridgehead atoms. The minimum atomic E-state index is 0.692. The van der Waals surface area contributed by atoms with E-state index in [0.717, 1.165) is 24.3 Å². The van der Waals surface area contributed by atoms with Crippen LogP contribution in [0, 0.1) is 17.8 Å². The molecule has 0 aliphatic heterocycles. The van der Waals surface area contributed by atoms with Crippen molar-refractivity contribution in [1.29, 1.82) is 0 Å². The quantitative estimate of drug-likeness (QED) is 0.721. The highest BCUT2D eigenvalue weighted by molar-refractivity contribution is 4.78. The predicted molar refractivity (Wildman–Crippen MR) is 85.5 cm³/mol. The number of likely N-dealkylation sites (N-methyl/N-ethyl adjacent to an activating group) is 1. The van der Waals surface area contributed by atoms with Gasteiger partial charge in [0.15, 0.2) is 0 Å². The van der Waals surface area contributed by atoms with Gasteiger partial charge in [0.05, 0.1) is 0 Å². The number of hydrogen-bond acceptors (Lipinski definition) is 2. The van der Waals surface area contributed by atoms with E-state index < -0.39 is 0 Å². The van der Waals surface area contributed by atoms with Gasteiger partial charge in [-0.1, -0.05) is 46.5 Å².